The van der Waals surface area contributed by atoms with Crippen LogP contribution < -0.4 is 16.8 Å². The van der Waals surface area contributed by atoms with E-state index in [-0.39, 0.29) is 5.56 Å². The molecule has 0 amide bonds. The lowest BCUT2D eigenvalue weighted by atomic mass is 10.4. The topological polar surface area (TPSA) is 72.9 Å². The quantitative estimate of drug-likeness (QED) is 0.417. The Balaban J connectivity index is 3.36. The molecule has 0 radical (unpaired) electrons. The van der Waals surface area contributed by atoms with Crippen LogP contribution in [0.5, 0.6) is 0 Å². The lowest BCUT2D eigenvalue weighted by molar-refractivity contribution is 0.818. The molecule has 1 rings (SSSR count). The average Bonchev–Trinajstić information content (AvgIpc) is 1.96. The third kappa shape index (κ3) is 1.38. The van der Waals surface area contributed by atoms with Crippen molar-refractivity contribution in [2.75, 3.05) is 5.43 Å². The van der Waals surface area contributed by atoms with Crippen molar-refractivity contribution in [3.05, 3.63) is 22.1 Å². The molecule has 5 heteroatoms. The summed E-state index contributed by atoms with van der Waals surface area (Å²) in [6.07, 6.45) is 0. The number of nitrogens with one attached hydrogen (secondary N) is 1. The van der Waals surface area contributed by atoms with Gasteiger partial charge in [0.1, 0.15) is 0 Å². The zero-order valence-corrected chi connectivity index (χ0v) is 6.46. The Labute approximate surface area is 63.8 Å². The van der Waals surface area contributed by atoms with Crippen molar-refractivity contribution in [3.63, 3.8) is 0 Å². The highest BCUT2D eigenvalue weighted by Gasteiger charge is 1.99. The van der Waals surface area contributed by atoms with Crippen molar-refractivity contribution in [1.82, 2.24) is 9.55 Å². The highest BCUT2D eigenvalue weighted by molar-refractivity contribution is 5.24. The molecule has 0 aliphatic rings. The van der Waals surface area contributed by atoms with Gasteiger partial charge in [-0.3, -0.25) is 14.8 Å². The number of hydrogen-bond donors (Lipinski definition) is 2. The fourth-order valence-electron chi connectivity index (χ4n) is 0.783. The molecule has 60 valence electrons. The minimum absolute atomic E-state index is 0.120. The van der Waals surface area contributed by atoms with Gasteiger partial charge in [-0.1, -0.05) is 0 Å². The summed E-state index contributed by atoms with van der Waals surface area (Å²) in [4.78, 5) is 15.0. The van der Waals surface area contributed by atoms with Gasteiger partial charge in [-0.2, -0.15) is 0 Å². The number of nitrogens with two attached hydrogens (primary N) is 1. The summed E-state index contributed by atoms with van der Waals surface area (Å²) in [7, 11) is 1.60. The number of hydrazine groups is 1. The number of aromatic nitrogens is 2. The van der Waals surface area contributed by atoms with E-state index in [4.69, 9.17) is 5.84 Å². The van der Waals surface area contributed by atoms with Crippen LogP contribution in [-0.2, 0) is 7.05 Å². The first-order valence-electron chi connectivity index (χ1n) is 3.16. The van der Waals surface area contributed by atoms with Crippen molar-refractivity contribution < 1.29 is 0 Å². The Bertz CT molecular complexity index is 317. The number of anilines is 1. The number of nitrogen functional groups attached to an aromatic ring is 1. The van der Waals surface area contributed by atoms with E-state index in [1.165, 1.54) is 10.6 Å². The van der Waals surface area contributed by atoms with Crippen molar-refractivity contribution in [2.24, 2.45) is 12.9 Å². The standard InChI is InChI=1S/C6H10N4O/c1-4-3-5(11)10(2)6(8-4)9-7/h3H,7H2,1-2H3,(H,8,9). The number of aryl methyl sites for hydroxylation is 1. The average molecular weight is 154 g/mol. The molecular formula is C6H10N4O. The molecule has 0 atom stereocenters. The van der Waals surface area contributed by atoms with Crippen LogP contribution in [0.4, 0.5) is 5.95 Å². The van der Waals surface area contributed by atoms with E-state index in [0.29, 0.717) is 11.6 Å². The Morgan fingerprint density at radius 3 is 2.91 bits per heavy atom. The van der Waals surface area contributed by atoms with Crippen LogP contribution >= 0.6 is 0 Å². The maximum Gasteiger partial charge on any atom is 0.254 e. The SMILES string of the molecule is Cc1cc(=O)n(C)c(NN)n1. The van der Waals surface area contributed by atoms with E-state index in [9.17, 15) is 4.79 Å². The highest BCUT2D eigenvalue weighted by atomic mass is 16.1. The zero-order valence-electron chi connectivity index (χ0n) is 6.46. The van der Waals surface area contributed by atoms with Crippen LogP contribution in [0, 0.1) is 6.92 Å². The van der Waals surface area contributed by atoms with Crippen molar-refractivity contribution in [3.8, 4) is 0 Å². The summed E-state index contributed by atoms with van der Waals surface area (Å²) < 4.78 is 1.34. The van der Waals surface area contributed by atoms with Crippen molar-refractivity contribution in [2.45, 2.75) is 6.92 Å². The number of rotatable bonds is 1. The molecule has 0 saturated heterocycles. The summed E-state index contributed by atoms with van der Waals surface area (Å²) in [6.45, 7) is 1.74. The predicted octanol–water partition coefficient (Wildman–Crippen LogP) is -0.626. The molecule has 0 aliphatic carbocycles. The normalized spacial score (nSPS) is 9.73. The Hall–Kier alpha value is -1.36. The van der Waals surface area contributed by atoms with E-state index < -0.39 is 0 Å². The van der Waals surface area contributed by atoms with E-state index >= 15 is 0 Å². The van der Waals surface area contributed by atoms with Crippen molar-refractivity contribution >= 4 is 5.95 Å². The largest absolute Gasteiger partial charge is 0.294 e. The van der Waals surface area contributed by atoms with Crippen molar-refractivity contribution in [1.29, 1.82) is 0 Å². The van der Waals surface area contributed by atoms with Crippen LogP contribution in [0.25, 0.3) is 0 Å². The number of hydrogen-bond acceptors (Lipinski definition) is 4. The van der Waals surface area contributed by atoms with E-state index in [0.717, 1.165) is 0 Å². The number of nitrogens with zero attached hydrogens (tertiary/aromatic N) is 2. The second-order valence-corrected chi connectivity index (χ2v) is 2.26. The van der Waals surface area contributed by atoms with Gasteiger partial charge in [0.15, 0.2) is 0 Å². The molecule has 0 fully saturated rings. The Kier molecular flexibility index (Phi) is 1.91. The molecule has 0 unspecified atom stereocenters. The van der Waals surface area contributed by atoms with Gasteiger partial charge in [0.2, 0.25) is 5.95 Å². The molecule has 0 aliphatic heterocycles. The molecule has 3 N–H and O–H groups in total. The lowest BCUT2D eigenvalue weighted by Gasteiger charge is -2.04. The van der Waals surface area contributed by atoms with E-state index in [1.54, 1.807) is 14.0 Å². The maximum atomic E-state index is 11.0. The molecule has 0 bridgehead atoms. The van der Waals surface area contributed by atoms with Crippen LogP contribution in [0.1, 0.15) is 5.69 Å². The first-order chi connectivity index (χ1) is 5.15. The van der Waals surface area contributed by atoms with Gasteiger partial charge in [-0.25, -0.2) is 10.8 Å². The van der Waals surface area contributed by atoms with Gasteiger partial charge < -0.3 is 0 Å². The molecule has 11 heavy (non-hydrogen) atoms. The van der Waals surface area contributed by atoms with Gasteiger partial charge in [-0.05, 0) is 6.92 Å². The van der Waals surface area contributed by atoms with Crippen LogP contribution in [-0.4, -0.2) is 9.55 Å². The maximum absolute atomic E-state index is 11.0. The fraction of sp³-hybridized carbons (Fsp3) is 0.333. The highest BCUT2D eigenvalue weighted by Crippen LogP contribution is 1.95. The molecule has 1 aromatic heterocycles. The first-order valence-corrected chi connectivity index (χ1v) is 3.16. The van der Waals surface area contributed by atoms with E-state index in [1.807, 2.05) is 0 Å². The monoisotopic (exact) mass is 154 g/mol. The minimum atomic E-state index is -0.120. The third-order valence-electron chi connectivity index (χ3n) is 1.39. The molecule has 0 spiro atoms. The smallest absolute Gasteiger partial charge is 0.254 e. The molecule has 0 aromatic carbocycles. The van der Waals surface area contributed by atoms with Crippen LogP contribution in [0.3, 0.4) is 0 Å². The van der Waals surface area contributed by atoms with Gasteiger partial charge in [-0.15, -0.1) is 0 Å². The summed E-state index contributed by atoms with van der Waals surface area (Å²) in [5, 5.41) is 0. The van der Waals surface area contributed by atoms with Gasteiger partial charge in [0.25, 0.3) is 5.56 Å². The molecule has 1 heterocycles. The van der Waals surface area contributed by atoms with Gasteiger partial charge in [0, 0.05) is 18.8 Å². The second-order valence-electron chi connectivity index (χ2n) is 2.26. The molecular weight excluding hydrogens is 144 g/mol. The Morgan fingerprint density at radius 1 is 1.73 bits per heavy atom. The first kappa shape index (κ1) is 7.74. The Morgan fingerprint density at radius 2 is 2.36 bits per heavy atom. The van der Waals surface area contributed by atoms with Gasteiger partial charge in [0.05, 0.1) is 0 Å². The summed E-state index contributed by atoms with van der Waals surface area (Å²) in [5.74, 6) is 5.49. The van der Waals surface area contributed by atoms with E-state index in [2.05, 4.69) is 10.4 Å². The fourth-order valence-corrected chi connectivity index (χ4v) is 0.783. The summed E-state index contributed by atoms with van der Waals surface area (Å²) in [6, 6.07) is 1.45. The third-order valence-corrected chi connectivity index (χ3v) is 1.39. The summed E-state index contributed by atoms with van der Waals surface area (Å²) >= 11 is 0. The van der Waals surface area contributed by atoms with Crippen LogP contribution in [0.2, 0.25) is 0 Å². The zero-order chi connectivity index (χ0) is 8.43. The molecule has 0 saturated carbocycles. The molecule has 1 aromatic rings. The lowest BCUT2D eigenvalue weighted by Crippen LogP contribution is -2.24. The summed E-state index contributed by atoms with van der Waals surface area (Å²) in [5.41, 5.74) is 2.86. The van der Waals surface area contributed by atoms with Crippen LogP contribution in [0.15, 0.2) is 10.9 Å². The second kappa shape index (κ2) is 2.71. The van der Waals surface area contributed by atoms with Gasteiger partial charge >= 0.3 is 0 Å². The molecule has 5 nitrogen and oxygen atoms in total. The predicted molar refractivity (Wildman–Crippen MR) is 42.0 cm³/mol. The minimum Gasteiger partial charge on any atom is -0.294 e.